The van der Waals surface area contributed by atoms with E-state index in [2.05, 4.69) is 20.1 Å². The van der Waals surface area contributed by atoms with Gasteiger partial charge in [0.1, 0.15) is 10.9 Å². The molecule has 0 unspecified atom stereocenters. The summed E-state index contributed by atoms with van der Waals surface area (Å²) < 4.78 is 13.0. The summed E-state index contributed by atoms with van der Waals surface area (Å²) in [7, 11) is 0. The highest BCUT2D eigenvalue weighted by molar-refractivity contribution is 7.98. The Morgan fingerprint density at radius 3 is 2.93 bits per heavy atom. The Bertz CT molecular complexity index is 1130. The van der Waals surface area contributed by atoms with Crippen molar-refractivity contribution >= 4 is 33.9 Å². The maximum absolute atomic E-state index is 12.4. The first kappa shape index (κ1) is 16.5. The topological polar surface area (TPSA) is 98.8 Å². The number of oxazole rings is 1. The maximum Gasteiger partial charge on any atom is 0.262 e. The molecule has 0 bridgehead atoms. The van der Waals surface area contributed by atoms with Gasteiger partial charge in [-0.25, -0.2) is 14.6 Å². The summed E-state index contributed by atoms with van der Waals surface area (Å²) in [5.41, 5.74) is 2.01. The second-order valence-electron chi connectivity index (χ2n) is 6.41. The van der Waals surface area contributed by atoms with Gasteiger partial charge in [0.05, 0.1) is 18.0 Å². The molecule has 1 aliphatic rings. The van der Waals surface area contributed by atoms with Crippen LogP contribution in [0.3, 0.4) is 0 Å². The molecular weight excluding hydrogens is 366 g/mol. The third kappa shape index (κ3) is 3.13. The van der Waals surface area contributed by atoms with Crippen LogP contribution in [0.25, 0.3) is 22.1 Å². The molecule has 138 valence electrons. The summed E-state index contributed by atoms with van der Waals surface area (Å²) in [4.78, 5) is 24.3. The van der Waals surface area contributed by atoms with Crippen molar-refractivity contribution in [1.29, 1.82) is 0 Å². The third-order valence-electron chi connectivity index (χ3n) is 4.65. The molecule has 0 amide bonds. The largest absolute Gasteiger partial charge is 0.440 e. The standard InChI is InChI=1S/C18H17N5O3S/c24-17-12-9-19-23(11-5-7-25-8-6-11)16(12)21-18(22-17)27-10-15-20-13-3-1-2-4-14(13)26-15/h1-4,9,11H,5-8,10H2,(H,21,22,24). The van der Waals surface area contributed by atoms with Gasteiger partial charge in [-0.3, -0.25) is 4.79 Å². The summed E-state index contributed by atoms with van der Waals surface area (Å²) in [5, 5.41) is 5.44. The van der Waals surface area contributed by atoms with Crippen molar-refractivity contribution < 1.29 is 9.15 Å². The van der Waals surface area contributed by atoms with Crippen molar-refractivity contribution in [2.24, 2.45) is 0 Å². The average Bonchev–Trinajstić information content (AvgIpc) is 3.31. The molecule has 1 aromatic carbocycles. The minimum atomic E-state index is -0.182. The number of hydrogen-bond donors (Lipinski definition) is 1. The number of fused-ring (bicyclic) bond motifs is 2. The van der Waals surface area contributed by atoms with Gasteiger partial charge in [-0.2, -0.15) is 5.10 Å². The number of H-pyrrole nitrogens is 1. The monoisotopic (exact) mass is 383 g/mol. The Balaban J connectivity index is 1.43. The van der Waals surface area contributed by atoms with Crippen molar-refractivity contribution in [2.45, 2.75) is 29.8 Å². The van der Waals surface area contributed by atoms with Crippen LogP contribution in [-0.4, -0.2) is 37.9 Å². The molecule has 8 nitrogen and oxygen atoms in total. The van der Waals surface area contributed by atoms with E-state index in [-0.39, 0.29) is 11.6 Å². The van der Waals surface area contributed by atoms with Gasteiger partial charge in [-0.15, -0.1) is 0 Å². The molecule has 4 aromatic rings. The summed E-state index contributed by atoms with van der Waals surface area (Å²) in [6.45, 7) is 1.41. The fraction of sp³-hybridized carbons (Fsp3) is 0.333. The lowest BCUT2D eigenvalue weighted by atomic mass is 10.1. The molecule has 0 spiro atoms. The molecule has 0 saturated carbocycles. The quantitative estimate of drug-likeness (QED) is 0.427. The normalized spacial score (nSPS) is 15.7. The zero-order chi connectivity index (χ0) is 18.2. The van der Waals surface area contributed by atoms with Gasteiger partial charge >= 0.3 is 0 Å². The SMILES string of the molecule is O=c1[nH]c(SCc2nc3ccccc3o2)nc2c1cnn2C1CCOCC1. The summed E-state index contributed by atoms with van der Waals surface area (Å²) in [5.74, 6) is 1.08. The van der Waals surface area contributed by atoms with E-state index < -0.39 is 0 Å². The molecule has 1 fully saturated rings. The Morgan fingerprint density at radius 2 is 2.07 bits per heavy atom. The Labute approximate surface area is 157 Å². The summed E-state index contributed by atoms with van der Waals surface area (Å²) in [6, 6.07) is 7.84. The van der Waals surface area contributed by atoms with E-state index in [9.17, 15) is 4.79 Å². The van der Waals surface area contributed by atoms with Crippen molar-refractivity contribution in [1.82, 2.24) is 24.7 Å². The van der Waals surface area contributed by atoms with E-state index >= 15 is 0 Å². The van der Waals surface area contributed by atoms with Crippen LogP contribution < -0.4 is 5.56 Å². The lowest BCUT2D eigenvalue weighted by Gasteiger charge is -2.22. The van der Waals surface area contributed by atoms with E-state index in [4.69, 9.17) is 9.15 Å². The van der Waals surface area contributed by atoms with E-state index in [1.807, 2.05) is 28.9 Å². The Kier molecular flexibility index (Phi) is 4.17. The van der Waals surface area contributed by atoms with Crippen LogP contribution >= 0.6 is 11.8 Å². The molecule has 1 aliphatic heterocycles. The molecule has 1 N–H and O–H groups in total. The van der Waals surface area contributed by atoms with Crippen molar-refractivity contribution in [3.05, 3.63) is 46.7 Å². The number of thioether (sulfide) groups is 1. The molecule has 4 heterocycles. The Hall–Kier alpha value is -2.65. The van der Waals surface area contributed by atoms with Gasteiger partial charge in [-0.05, 0) is 25.0 Å². The van der Waals surface area contributed by atoms with Crippen LogP contribution in [0.15, 0.2) is 44.8 Å². The lowest BCUT2D eigenvalue weighted by Crippen LogP contribution is -2.21. The van der Waals surface area contributed by atoms with Crippen LogP contribution in [0.5, 0.6) is 0 Å². The number of para-hydroxylation sites is 2. The Morgan fingerprint density at radius 1 is 1.22 bits per heavy atom. The molecular formula is C18H17N5O3S. The summed E-state index contributed by atoms with van der Waals surface area (Å²) >= 11 is 1.39. The molecule has 3 aromatic heterocycles. The van der Waals surface area contributed by atoms with E-state index in [1.165, 1.54) is 11.8 Å². The van der Waals surface area contributed by atoms with E-state index in [0.29, 0.717) is 41.0 Å². The van der Waals surface area contributed by atoms with Gasteiger partial charge in [0, 0.05) is 13.2 Å². The number of nitrogens with zero attached hydrogens (tertiary/aromatic N) is 4. The highest BCUT2D eigenvalue weighted by Crippen LogP contribution is 2.26. The molecule has 9 heteroatoms. The maximum atomic E-state index is 12.4. The number of aromatic nitrogens is 5. The number of hydrogen-bond acceptors (Lipinski definition) is 7. The van der Waals surface area contributed by atoms with Crippen LogP contribution in [0, 0.1) is 0 Å². The molecule has 0 atom stereocenters. The second-order valence-corrected chi connectivity index (χ2v) is 7.37. The van der Waals surface area contributed by atoms with Gasteiger partial charge < -0.3 is 14.1 Å². The molecule has 0 aliphatic carbocycles. The van der Waals surface area contributed by atoms with Gasteiger partial charge in [0.15, 0.2) is 16.4 Å². The number of benzene rings is 1. The van der Waals surface area contributed by atoms with Crippen LogP contribution in [-0.2, 0) is 10.5 Å². The van der Waals surface area contributed by atoms with Gasteiger partial charge in [0.25, 0.3) is 5.56 Å². The number of rotatable bonds is 4. The van der Waals surface area contributed by atoms with Crippen molar-refractivity contribution in [2.75, 3.05) is 13.2 Å². The first-order valence-corrected chi connectivity index (χ1v) is 9.79. The van der Waals surface area contributed by atoms with Crippen molar-refractivity contribution in [3.8, 4) is 0 Å². The van der Waals surface area contributed by atoms with Crippen LogP contribution in [0.4, 0.5) is 0 Å². The zero-order valence-corrected chi connectivity index (χ0v) is 15.2. The molecule has 5 rings (SSSR count). The minimum absolute atomic E-state index is 0.182. The predicted molar refractivity (Wildman–Crippen MR) is 101 cm³/mol. The van der Waals surface area contributed by atoms with E-state index in [0.717, 1.165) is 23.9 Å². The highest BCUT2D eigenvalue weighted by atomic mass is 32.2. The van der Waals surface area contributed by atoms with Gasteiger partial charge in [-0.1, -0.05) is 23.9 Å². The van der Waals surface area contributed by atoms with Crippen LogP contribution in [0.1, 0.15) is 24.8 Å². The van der Waals surface area contributed by atoms with Crippen LogP contribution in [0.2, 0.25) is 0 Å². The summed E-state index contributed by atoms with van der Waals surface area (Å²) in [6.07, 6.45) is 3.33. The molecule has 0 radical (unpaired) electrons. The number of aromatic amines is 1. The number of ether oxygens (including phenoxy) is 1. The minimum Gasteiger partial charge on any atom is -0.440 e. The lowest BCUT2D eigenvalue weighted by molar-refractivity contribution is 0.0673. The zero-order valence-electron chi connectivity index (χ0n) is 14.4. The van der Waals surface area contributed by atoms with Crippen molar-refractivity contribution in [3.63, 3.8) is 0 Å². The fourth-order valence-electron chi connectivity index (χ4n) is 3.29. The average molecular weight is 383 g/mol. The second kappa shape index (κ2) is 6.82. The third-order valence-corrected chi connectivity index (χ3v) is 5.51. The van der Waals surface area contributed by atoms with Gasteiger partial charge in [0.2, 0.25) is 5.89 Å². The predicted octanol–water partition coefficient (Wildman–Crippen LogP) is 2.90. The highest BCUT2D eigenvalue weighted by Gasteiger charge is 2.20. The van der Waals surface area contributed by atoms with E-state index in [1.54, 1.807) is 6.20 Å². The first-order chi connectivity index (χ1) is 13.3. The molecule has 1 saturated heterocycles. The first-order valence-electron chi connectivity index (χ1n) is 8.80. The molecule has 27 heavy (non-hydrogen) atoms. The smallest absolute Gasteiger partial charge is 0.262 e. The fourth-order valence-corrected chi connectivity index (χ4v) is 3.99. The number of nitrogens with one attached hydrogen (secondary N) is 1.